The molecular weight excluding hydrogens is 394 g/mol. The topological polar surface area (TPSA) is 114 Å². The highest BCUT2D eigenvalue weighted by atomic mass is 32.1. The third kappa shape index (κ3) is 3.81. The van der Waals surface area contributed by atoms with Gasteiger partial charge in [-0.2, -0.15) is 0 Å². The zero-order valence-electron chi connectivity index (χ0n) is 15.2. The van der Waals surface area contributed by atoms with Gasteiger partial charge in [-0.3, -0.25) is 9.79 Å². The fraction of sp³-hybridized carbons (Fsp3) is 0.100. The van der Waals surface area contributed by atoms with Crippen molar-refractivity contribution >= 4 is 49.8 Å². The Balaban J connectivity index is 1.48. The molecule has 29 heavy (non-hydrogen) atoms. The van der Waals surface area contributed by atoms with Crippen LogP contribution in [0.2, 0.25) is 0 Å². The van der Waals surface area contributed by atoms with Crippen molar-refractivity contribution < 1.29 is 19.1 Å². The van der Waals surface area contributed by atoms with E-state index in [-0.39, 0.29) is 23.4 Å². The van der Waals surface area contributed by atoms with E-state index in [2.05, 4.69) is 15.3 Å². The quantitative estimate of drug-likeness (QED) is 0.387. The molecule has 4 aromatic rings. The van der Waals surface area contributed by atoms with Crippen LogP contribution in [0.5, 0.6) is 11.5 Å². The van der Waals surface area contributed by atoms with E-state index in [1.54, 1.807) is 43.5 Å². The average molecular weight is 409 g/mol. The van der Waals surface area contributed by atoms with E-state index < -0.39 is 11.5 Å². The van der Waals surface area contributed by atoms with Gasteiger partial charge in [0.1, 0.15) is 29.2 Å². The van der Waals surface area contributed by atoms with E-state index in [0.29, 0.717) is 16.3 Å². The Hall–Kier alpha value is -3.72. The van der Waals surface area contributed by atoms with Crippen LogP contribution in [0.3, 0.4) is 0 Å². The minimum absolute atomic E-state index is 0.108. The van der Waals surface area contributed by atoms with Crippen molar-refractivity contribution in [2.75, 3.05) is 19.0 Å². The summed E-state index contributed by atoms with van der Waals surface area (Å²) in [6.07, 6.45) is 1.14. The molecule has 9 heteroatoms. The first-order valence-corrected chi connectivity index (χ1v) is 9.36. The number of benzene rings is 2. The number of hydrogen-bond donors (Lipinski definition) is 2. The highest BCUT2D eigenvalue weighted by Gasteiger charge is 2.12. The first kappa shape index (κ1) is 18.6. The lowest BCUT2D eigenvalue weighted by atomic mass is 10.1. The number of thiazole rings is 1. The van der Waals surface area contributed by atoms with Crippen LogP contribution in [0.25, 0.3) is 21.2 Å². The summed E-state index contributed by atoms with van der Waals surface area (Å²) >= 11 is 1.31. The van der Waals surface area contributed by atoms with Crippen LogP contribution in [-0.4, -0.2) is 35.9 Å². The highest BCUT2D eigenvalue weighted by Crippen LogP contribution is 2.29. The second kappa shape index (κ2) is 7.72. The summed E-state index contributed by atoms with van der Waals surface area (Å²) in [4.78, 5) is 32.5. The van der Waals surface area contributed by atoms with Crippen LogP contribution in [0.15, 0.2) is 56.7 Å². The van der Waals surface area contributed by atoms with E-state index >= 15 is 0 Å². The molecule has 0 saturated carbocycles. The van der Waals surface area contributed by atoms with Crippen molar-refractivity contribution in [3.63, 3.8) is 0 Å². The van der Waals surface area contributed by atoms with Gasteiger partial charge in [0.2, 0.25) is 5.91 Å². The van der Waals surface area contributed by atoms with Gasteiger partial charge in [0.05, 0.1) is 22.7 Å². The summed E-state index contributed by atoms with van der Waals surface area (Å²) in [6.45, 7) is -0.245. The van der Waals surface area contributed by atoms with Crippen molar-refractivity contribution in [3.05, 3.63) is 58.4 Å². The van der Waals surface area contributed by atoms with Crippen LogP contribution in [0.4, 0.5) is 5.13 Å². The monoisotopic (exact) mass is 409 g/mol. The summed E-state index contributed by atoms with van der Waals surface area (Å²) in [5, 5.41) is 13.8. The molecule has 0 aliphatic carbocycles. The third-order valence-electron chi connectivity index (χ3n) is 4.12. The highest BCUT2D eigenvalue weighted by molar-refractivity contribution is 7.22. The first-order chi connectivity index (χ1) is 14.0. The zero-order valence-corrected chi connectivity index (χ0v) is 16.0. The van der Waals surface area contributed by atoms with Gasteiger partial charge in [-0.1, -0.05) is 23.5 Å². The molecule has 0 aliphatic rings. The SMILES string of the molecule is COc1ccc2nc(NC(=O)CN=Cc3c(O)c4ccccc4oc3=O)sc2c1. The Bertz CT molecular complexity index is 1310. The zero-order chi connectivity index (χ0) is 20.4. The fourth-order valence-electron chi connectivity index (χ4n) is 2.73. The summed E-state index contributed by atoms with van der Waals surface area (Å²) in [6, 6.07) is 12.0. The number of para-hydroxylation sites is 1. The minimum Gasteiger partial charge on any atom is -0.506 e. The first-order valence-electron chi connectivity index (χ1n) is 8.54. The summed E-state index contributed by atoms with van der Waals surface area (Å²) in [5.74, 6) is 0.0655. The summed E-state index contributed by atoms with van der Waals surface area (Å²) < 4.78 is 11.2. The van der Waals surface area contributed by atoms with Crippen molar-refractivity contribution in [2.45, 2.75) is 0 Å². The number of amides is 1. The molecule has 0 atom stereocenters. The van der Waals surface area contributed by atoms with E-state index in [9.17, 15) is 14.7 Å². The van der Waals surface area contributed by atoms with Gasteiger partial charge in [-0.15, -0.1) is 0 Å². The molecule has 4 rings (SSSR count). The van der Waals surface area contributed by atoms with Crippen LogP contribution < -0.4 is 15.7 Å². The molecule has 0 saturated heterocycles. The molecule has 0 unspecified atom stereocenters. The lowest BCUT2D eigenvalue weighted by Crippen LogP contribution is -2.15. The molecule has 0 spiro atoms. The molecule has 0 aliphatic heterocycles. The maximum Gasteiger partial charge on any atom is 0.348 e. The van der Waals surface area contributed by atoms with E-state index in [1.165, 1.54) is 11.3 Å². The number of aliphatic imine (C=N–C) groups is 1. The molecule has 0 radical (unpaired) electrons. The second-order valence-electron chi connectivity index (χ2n) is 6.02. The number of rotatable bonds is 5. The Morgan fingerprint density at radius 2 is 2.17 bits per heavy atom. The number of aromatic hydroxyl groups is 1. The molecule has 8 nitrogen and oxygen atoms in total. The van der Waals surface area contributed by atoms with Crippen molar-refractivity contribution in [2.24, 2.45) is 4.99 Å². The molecule has 146 valence electrons. The lowest BCUT2D eigenvalue weighted by Gasteiger charge is -2.02. The Labute approximate surface area is 168 Å². The Morgan fingerprint density at radius 1 is 1.34 bits per heavy atom. The lowest BCUT2D eigenvalue weighted by molar-refractivity contribution is -0.114. The van der Waals surface area contributed by atoms with Gasteiger partial charge in [0, 0.05) is 6.21 Å². The fourth-order valence-corrected chi connectivity index (χ4v) is 3.64. The second-order valence-corrected chi connectivity index (χ2v) is 7.05. The predicted molar refractivity (Wildman–Crippen MR) is 111 cm³/mol. The average Bonchev–Trinajstić information content (AvgIpc) is 3.11. The van der Waals surface area contributed by atoms with Crippen LogP contribution in [0.1, 0.15) is 5.56 Å². The number of ether oxygens (including phenoxy) is 1. The minimum atomic E-state index is -0.731. The summed E-state index contributed by atoms with van der Waals surface area (Å²) in [7, 11) is 1.58. The molecular formula is C20H15N3O5S. The largest absolute Gasteiger partial charge is 0.506 e. The predicted octanol–water partition coefficient (Wildman–Crippen LogP) is 3.17. The maximum absolute atomic E-state index is 12.1. The van der Waals surface area contributed by atoms with Crippen LogP contribution in [0, 0.1) is 0 Å². The van der Waals surface area contributed by atoms with Gasteiger partial charge in [0.25, 0.3) is 0 Å². The van der Waals surface area contributed by atoms with Gasteiger partial charge < -0.3 is 19.6 Å². The van der Waals surface area contributed by atoms with E-state index in [1.807, 2.05) is 6.07 Å². The molecule has 0 bridgehead atoms. The number of carbonyl (C=O) groups excluding carboxylic acids is 1. The maximum atomic E-state index is 12.1. The number of carbonyl (C=O) groups is 1. The summed E-state index contributed by atoms with van der Waals surface area (Å²) in [5.41, 5.74) is 0.180. The Kier molecular flexibility index (Phi) is 4.96. The number of fused-ring (bicyclic) bond motifs is 2. The number of aromatic nitrogens is 1. The van der Waals surface area contributed by atoms with Gasteiger partial charge >= 0.3 is 5.63 Å². The number of hydrogen-bond acceptors (Lipinski definition) is 8. The molecule has 1 amide bonds. The van der Waals surface area contributed by atoms with Crippen LogP contribution >= 0.6 is 11.3 Å². The molecule has 2 heterocycles. The number of anilines is 1. The van der Waals surface area contributed by atoms with Crippen molar-refractivity contribution in [1.82, 2.24) is 4.98 Å². The van der Waals surface area contributed by atoms with Crippen molar-refractivity contribution in [1.29, 1.82) is 0 Å². The Morgan fingerprint density at radius 3 is 3.00 bits per heavy atom. The van der Waals surface area contributed by atoms with Crippen molar-refractivity contribution in [3.8, 4) is 11.5 Å². The molecule has 2 aromatic carbocycles. The number of methoxy groups -OCH3 is 1. The van der Waals surface area contributed by atoms with Crippen LogP contribution in [-0.2, 0) is 4.79 Å². The number of nitrogens with one attached hydrogen (secondary N) is 1. The number of nitrogens with zero attached hydrogens (tertiary/aromatic N) is 2. The molecule has 2 aromatic heterocycles. The molecule has 2 N–H and O–H groups in total. The standard InChI is InChI=1S/C20H15N3O5S/c1-27-11-6-7-14-16(8-11)29-20(22-14)23-17(24)10-21-9-13-18(25)12-4-2-3-5-15(12)28-19(13)26/h2-9,25H,10H2,1H3,(H,22,23,24). The smallest absolute Gasteiger partial charge is 0.348 e. The third-order valence-corrected chi connectivity index (χ3v) is 5.05. The van der Waals surface area contributed by atoms with E-state index in [4.69, 9.17) is 9.15 Å². The van der Waals surface area contributed by atoms with Gasteiger partial charge in [0.15, 0.2) is 5.13 Å². The van der Waals surface area contributed by atoms with E-state index in [0.717, 1.165) is 16.4 Å². The normalized spacial score (nSPS) is 11.3. The molecule has 0 fully saturated rings. The van der Waals surface area contributed by atoms with Gasteiger partial charge in [-0.25, -0.2) is 9.78 Å². The van der Waals surface area contributed by atoms with Gasteiger partial charge in [-0.05, 0) is 30.3 Å².